The molecule has 0 heterocycles. The molecule has 0 amide bonds. The molecule has 0 saturated carbocycles. The van der Waals surface area contributed by atoms with Crippen molar-refractivity contribution in [2.24, 2.45) is 0 Å². The first-order chi connectivity index (χ1) is 15.0. The Kier molecular flexibility index (Phi) is 10.7. The van der Waals surface area contributed by atoms with E-state index in [0.29, 0.717) is 19.8 Å². The molecule has 0 fully saturated rings. The maximum absolute atomic E-state index is 6.41. The summed E-state index contributed by atoms with van der Waals surface area (Å²) in [5.41, 5.74) is 4.53. The van der Waals surface area contributed by atoms with Gasteiger partial charge in [0.1, 0.15) is 11.9 Å². The van der Waals surface area contributed by atoms with Crippen LogP contribution in [0.15, 0.2) is 42.5 Å². The fourth-order valence-corrected chi connectivity index (χ4v) is 3.62. The molecule has 5 heteroatoms. The number of nitrogens with zero attached hydrogens (tertiary/aromatic N) is 2. The second-order valence-electron chi connectivity index (χ2n) is 7.61. The average Bonchev–Trinajstić information content (AvgIpc) is 2.78. The molecular weight excluding hydrogens is 388 g/mol. The maximum atomic E-state index is 6.41. The SMILES string of the molecule is CCOCCCOC(c1ccc(N(C)C)cc1)c1ccc(N(CC)CC)cc1OCC. The quantitative estimate of drug-likeness (QED) is 0.370. The van der Waals surface area contributed by atoms with Crippen LogP contribution in [0.25, 0.3) is 0 Å². The van der Waals surface area contributed by atoms with Crippen LogP contribution in [0.4, 0.5) is 11.4 Å². The lowest BCUT2D eigenvalue weighted by molar-refractivity contribution is 0.0531. The molecule has 1 atom stereocenters. The Bertz CT molecular complexity index is 758. The molecule has 0 bridgehead atoms. The molecule has 31 heavy (non-hydrogen) atoms. The highest BCUT2D eigenvalue weighted by atomic mass is 16.5. The van der Waals surface area contributed by atoms with E-state index in [1.54, 1.807) is 0 Å². The lowest BCUT2D eigenvalue weighted by Crippen LogP contribution is -2.22. The van der Waals surface area contributed by atoms with Crippen LogP contribution < -0.4 is 14.5 Å². The van der Waals surface area contributed by atoms with Crippen LogP contribution >= 0.6 is 0 Å². The van der Waals surface area contributed by atoms with Crippen LogP contribution in [0.2, 0.25) is 0 Å². The zero-order valence-electron chi connectivity index (χ0n) is 20.2. The van der Waals surface area contributed by atoms with Gasteiger partial charge in [-0.2, -0.15) is 0 Å². The number of ether oxygens (including phenoxy) is 3. The molecule has 0 spiro atoms. The van der Waals surface area contributed by atoms with Crippen LogP contribution in [-0.4, -0.2) is 53.6 Å². The second kappa shape index (κ2) is 13.2. The third kappa shape index (κ3) is 7.15. The van der Waals surface area contributed by atoms with E-state index >= 15 is 0 Å². The highest BCUT2D eigenvalue weighted by Crippen LogP contribution is 2.36. The summed E-state index contributed by atoms with van der Waals surface area (Å²) in [5, 5.41) is 0. The first-order valence-corrected chi connectivity index (χ1v) is 11.5. The highest BCUT2D eigenvalue weighted by Gasteiger charge is 2.21. The summed E-state index contributed by atoms with van der Waals surface area (Å²) in [6, 6.07) is 15.1. The Morgan fingerprint density at radius 3 is 2.06 bits per heavy atom. The van der Waals surface area contributed by atoms with E-state index in [1.807, 2.05) is 13.8 Å². The summed E-state index contributed by atoms with van der Waals surface area (Å²) in [6.45, 7) is 13.0. The van der Waals surface area contributed by atoms with E-state index in [0.717, 1.165) is 43.0 Å². The maximum Gasteiger partial charge on any atom is 0.127 e. The molecule has 2 rings (SSSR count). The molecule has 0 N–H and O–H groups in total. The van der Waals surface area contributed by atoms with E-state index in [2.05, 4.69) is 80.2 Å². The van der Waals surface area contributed by atoms with E-state index in [4.69, 9.17) is 14.2 Å². The second-order valence-corrected chi connectivity index (χ2v) is 7.61. The van der Waals surface area contributed by atoms with Crippen LogP contribution in [0, 0.1) is 0 Å². The Balaban J connectivity index is 2.38. The molecule has 2 aromatic carbocycles. The molecule has 5 nitrogen and oxygen atoms in total. The fraction of sp³-hybridized carbons (Fsp3) is 0.538. The van der Waals surface area contributed by atoms with Gasteiger partial charge >= 0.3 is 0 Å². The lowest BCUT2D eigenvalue weighted by atomic mass is 9.99. The van der Waals surface area contributed by atoms with Crippen LogP contribution in [-0.2, 0) is 9.47 Å². The number of benzene rings is 2. The zero-order valence-corrected chi connectivity index (χ0v) is 20.2. The predicted octanol–water partition coefficient (Wildman–Crippen LogP) is 5.53. The van der Waals surface area contributed by atoms with Crippen LogP contribution in [0.1, 0.15) is 51.3 Å². The first kappa shape index (κ1) is 25.0. The lowest BCUT2D eigenvalue weighted by Gasteiger charge is -2.26. The topological polar surface area (TPSA) is 34.2 Å². The van der Waals surface area contributed by atoms with Crippen molar-refractivity contribution in [1.82, 2.24) is 0 Å². The van der Waals surface area contributed by atoms with Crippen molar-refractivity contribution in [1.29, 1.82) is 0 Å². The highest BCUT2D eigenvalue weighted by molar-refractivity contribution is 5.56. The Morgan fingerprint density at radius 2 is 1.48 bits per heavy atom. The minimum absolute atomic E-state index is 0.190. The van der Waals surface area contributed by atoms with Gasteiger partial charge in [0, 0.05) is 63.4 Å². The molecule has 0 aliphatic rings. The van der Waals surface area contributed by atoms with Gasteiger partial charge in [0.15, 0.2) is 0 Å². The predicted molar refractivity (Wildman–Crippen MR) is 131 cm³/mol. The van der Waals surface area contributed by atoms with E-state index < -0.39 is 0 Å². The van der Waals surface area contributed by atoms with Gasteiger partial charge in [0.25, 0.3) is 0 Å². The van der Waals surface area contributed by atoms with Crippen molar-refractivity contribution in [3.8, 4) is 5.75 Å². The minimum Gasteiger partial charge on any atom is -0.493 e. The van der Waals surface area contributed by atoms with Gasteiger partial charge in [-0.15, -0.1) is 0 Å². The molecule has 0 radical (unpaired) electrons. The monoisotopic (exact) mass is 428 g/mol. The number of anilines is 2. The van der Waals surface area contributed by atoms with Crippen molar-refractivity contribution in [2.45, 2.75) is 40.2 Å². The molecule has 1 unspecified atom stereocenters. The smallest absolute Gasteiger partial charge is 0.127 e. The molecule has 0 aliphatic carbocycles. The average molecular weight is 429 g/mol. The Labute approximate surface area is 188 Å². The Hall–Kier alpha value is -2.24. The summed E-state index contributed by atoms with van der Waals surface area (Å²) in [4.78, 5) is 4.43. The summed E-state index contributed by atoms with van der Waals surface area (Å²) in [5.74, 6) is 0.887. The van der Waals surface area contributed by atoms with Gasteiger partial charge in [-0.05, 0) is 57.9 Å². The molecule has 172 valence electrons. The van der Waals surface area contributed by atoms with Crippen molar-refractivity contribution in [2.75, 3.05) is 63.4 Å². The van der Waals surface area contributed by atoms with Gasteiger partial charge < -0.3 is 24.0 Å². The van der Waals surface area contributed by atoms with Gasteiger partial charge in [0.2, 0.25) is 0 Å². The van der Waals surface area contributed by atoms with Gasteiger partial charge in [0.05, 0.1) is 13.2 Å². The van der Waals surface area contributed by atoms with E-state index in [9.17, 15) is 0 Å². The minimum atomic E-state index is -0.190. The first-order valence-electron chi connectivity index (χ1n) is 11.5. The van der Waals surface area contributed by atoms with Crippen molar-refractivity contribution in [3.63, 3.8) is 0 Å². The molecule has 0 saturated heterocycles. The van der Waals surface area contributed by atoms with Crippen molar-refractivity contribution >= 4 is 11.4 Å². The third-order valence-corrected chi connectivity index (χ3v) is 5.34. The van der Waals surface area contributed by atoms with Gasteiger partial charge in [-0.1, -0.05) is 18.2 Å². The van der Waals surface area contributed by atoms with E-state index in [1.165, 1.54) is 11.4 Å². The zero-order chi connectivity index (χ0) is 22.6. The summed E-state index contributed by atoms with van der Waals surface area (Å²) < 4.78 is 18.0. The number of hydrogen-bond donors (Lipinski definition) is 0. The van der Waals surface area contributed by atoms with Crippen LogP contribution in [0.3, 0.4) is 0 Å². The molecule has 0 aromatic heterocycles. The summed E-state index contributed by atoms with van der Waals surface area (Å²) >= 11 is 0. The third-order valence-electron chi connectivity index (χ3n) is 5.34. The van der Waals surface area contributed by atoms with Crippen molar-refractivity contribution < 1.29 is 14.2 Å². The van der Waals surface area contributed by atoms with E-state index in [-0.39, 0.29) is 6.10 Å². The summed E-state index contributed by atoms with van der Waals surface area (Å²) in [6.07, 6.45) is 0.673. The number of rotatable bonds is 14. The molecule has 0 aliphatic heterocycles. The largest absolute Gasteiger partial charge is 0.493 e. The molecular formula is C26H40N2O3. The normalized spacial score (nSPS) is 11.9. The van der Waals surface area contributed by atoms with Gasteiger partial charge in [-0.3, -0.25) is 0 Å². The van der Waals surface area contributed by atoms with Crippen molar-refractivity contribution in [3.05, 3.63) is 53.6 Å². The fourth-order valence-electron chi connectivity index (χ4n) is 3.62. The van der Waals surface area contributed by atoms with Crippen LogP contribution in [0.5, 0.6) is 5.75 Å². The number of hydrogen-bond acceptors (Lipinski definition) is 5. The van der Waals surface area contributed by atoms with Gasteiger partial charge in [-0.25, -0.2) is 0 Å². The summed E-state index contributed by atoms with van der Waals surface area (Å²) in [7, 11) is 4.10. The standard InChI is InChI=1S/C26H40N2O3/c1-7-28(8-2)23-16-17-24(25(20-23)30-10-4)26(31-19-11-18-29-9-3)21-12-14-22(15-13-21)27(5)6/h12-17,20,26H,7-11,18-19H2,1-6H3. The molecule has 2 aromatic rings. The Morgan fingerprint density at radius 1 is 0.806 bits per heavy atom.